The minimum absolute atomic E-state index is 0.0355. The number of piperidine rings is 1. The number of benzene rings is 1. The van der Waals surface area contributed by atoms with Crippen LogP contribution in [0.2, 0.25) is 0 Å². The molecule has 1 heterocycles. The molecule has 6 heteroatoms. The molecule has 0 aromatic heterocycles. The number of nitrogens with one attached hydrogen (secondary N) is 2. The van der Waals surface area contributed by atoms with Gasteiger partial charge in [-0.15, -0.1) is 0 Å². The molecule has 1 aromatic carbocycles. The van der Waals surface area contributed by atoms with E-state index in [9.17, 15) is 9.59 Å². The molecular weight excluding hydrogens is 318 g/mol. The first-order valence-corrected chi connectivity index (χ1v) is 9.02. The summed E-state index contributed by atoms with van der Waals surface area (Å²) in [6.07, 6.45) is 1.38. The van der Waals surface area contributed by atoms with Gasteiger partial charge in [0.2, 0.25) is 5.91 Å². The molecule has 25 heavy (non-hydrogen) atoms. The minimum Gasteiger partial charge on any atom is -0.379 e. The van der Waals surface area contributed by atoms with Crippen molar-refractivity contribution >= 4 is 17.6 Å². The fourth-order valence-corrected chi connectivity index (χ4v) is 2.77. The van der Waals surface area contributed by atoms with E-state index < -0.39 is 0 Å². The van der Waals surface area contributed by atoms with Gasteiger partial charge in [0.15, 0.2) is 0 Å². The Hall–Kier alpha value is -2.08. The summed E-state index contributed by atoms with van der Waals surface area (Å²) in [6, 6.07) is 9.39. The zero-order valence-corrected chi connectivity index (χ0v) is 15.2. The van der Waals surface area contributed by atoms with Gasteiger partial charge in [0.1, 0.15) is 0 Å². The van der Waals surface area contributed by atoms with E-state index in [2.05, 4.69) is 24.5 Å². The van der Waals surface area contributed by atoms with Crippen LogP contribution >= 0.6 is 0 Å². The number of urea groups is 1. The molecule has 0 atom stereocenters. The highest BCUT2D eigenvalue weighted by atomic mass is 16.5. The normalized spacial score (nSPS) is 15.2. The Morgan fingerprint density at radius 1 is 1.20 bits per heavy atom. The SMILES string of the molecule is CC(C)COCCNC(=O)N1CCC(C(=O)Nc2ccccc2)CC1. The number of amides is 3. The Morgan fingerprint density at radius 3 is 2.52 bits per heavy atom. The summed E-state index contributed by atoms with van der Waals surface area (Å²) in [6.45, 7) is 7.14. The van der Waals surface area contributed by atoms with E-state index in [0.717, 1.165) is 5.69 Å². The molecule has 1 fully saturated rings. The predicted octanol–water partition coefficient (Wildman–Crippen LogP) is 2.72. The topological polar surface area (TPSA) is 70.7 Å². The van der Waals surface area contributed by atoms with E-state index in [1.54, 1.807) is 4.90 Å². The van der Waals surface area contributed by atoms with Crippen molar-refractivity contribution in [3.8, 4) is 0 Å². The lowest BCUT2D eigenvalue weighted by molar-refractivity contribution is -0.121. The van der Waals surface area contributed by atoms with Gasteiger partial charge >= 0.3 is 6.03 Å². The van der Waals surface area contributed by atoms with E-state index in [1.165, 1.54) is 0 Å². The maximum atomic E-state index is 12.3. The maximum absolute atomic E-state index is 12.3. The molecule has 1 aliphatic rings. The van der Waals surface area contributed by atoms with Gasteiger partial charge in [-0.3, -0.25) is 4.79 Å². The highest BCUT2D eigenvalue weighted by Gasteiger charge is 2.27. The Kier molecular flexibility index (Phi) is 7.73. The van der Waals surface area contributed by atoms with Crippen molar-refractivity contribution in [2.75, 3.05) is 38.2 Å². The second-order valence-electron chi connectivity index (χ2n) is 6.82. The van der Waals surface area contributed by atoms with Crippen LogP contribution in [0.5, 0.6) is 0 Å². The smallest absolute Gasteiger partial charge is 0.317 e. The summed E-state index contributed by atoms with van der Waals surface area (Å²) in [7, 11) is 0. The monoisotopic (exact) mass is 347 g/mol. The van der Waals surface area contributed by atoms with Crippen LogP contribution in [-0.2, 0) is 9.53 Å². The molecule has 3 amide bonds. The highest BCUT2D eigenvalue weighted by Crippen LogP contribution is 2.19. The fraction of sp³-hybridized carbons (Fsp3) is 0.579. The highest BCUT2D eigenvalue weighted by molar-refractivity contribution is 5.92. The number of carbonyl (C=O) groups excluding carboxylic acids is 2. The average molecular weight is 347 g/mol. The van der Waals surface area contributed by atoms with Crippen LogP contribution in [0.15, 0.2) is 30.3 Å². The van der Waals surface area contributed by atoms with Gasteiger partial charge in [0.25, 0.3) is 0 Å². The molecule has 6 nitrogen and oxygen atoms in total. The first-order valence-electron chi connectivity index (χ1n) is 9.02. The predicted molar refractivity (Wildman–Crippen MR) is 98.4 cm³/mol. The minimum atomic E-state index is -0.0740. The summed E-state index contributed by atoms with van der Waals surface area (Å²) in [5.41, 5.74) is 0.814. The van der Waals surface area contributed by atoms with Gasteiger partial charge < -0.3 is 20.3 Å². The third-order valence-corrected chi connectivity index (χ3v) is 4.17. The standard InChI is InChI=1S/C19H29N3O3/c1-15(2)14-25-13-10-20-19(24)22-11-8-16(9-12-22)18(23)21-17-6-4-3-5-7-17/h3-7,15-16H,8-14H2,1-2H3,(H,20,24)(H,21,23). The quantitative estimate of drug-likeness (QED) is 0.745. The molecular formula is C19H29N3O3. The lowest BCUT2D eigenvalue weighted by Crippen LogP contribution is -2.46. The average Bonchev–Trinajstić information content (AvgIpc) is 2.62. The molecule has 0 unspecified atom stereocenters. The van der Waals surface area contributed by atoms with E-state index in [1.807, 2.05) is 30.3 Å². The second kappa shape index (κ2) is 10.0. The maximum Gasteiger partial charge on any atom is 0.317 e. The molecule has 0 aliphatic carbocycles. The largest absolute Gasteiger partial charge is 0.379 e. The Bertz CT molecular complexity index is 540. The number of hydrogen-bond acceptors (Lipinski definition) is 3. The van der Waals surface area contributed by atoms with Crippen molar-refractivity contribution in [3.05, 3.63) is 30.3 Å². The lowest BCUT2D eigenvalue weighted by Gasteiger charge is -2.31. The van der Waals surface area contributed by atoms with Gasteiger partial charge in [0, 0.05) is 37.8 Å². The fourth-order valence-electron chi connectivity index (χ4n) is 2.77. The summed E-state index contributed by atoms with van der Waals surface area (Å²) in [5.74, 6) is 0.490. The van der Waals surface area contributed by atoms with Gasteiger partial charge in [0.05, 0.1) is 6.61 Å². The zero-order valence-electron chi connectivity index (χ0n) is 15.2. The lowest BCUT2D eigenvalue weighted by atomic mass is 9.96. The molecule has 0 radical (unpaired) electrons. The van der Waals surface area contributed by atoms with Gasteiger partial charge in [-0.1, -0.05) is 32.0 Å². The molecule has 0 spiro atoms. The van der Waals surface area contributed by atoms with Gasteiger partial charge in [-0.25, -0.2) is 4.79 Å². The van der Waals surface area contributed by atoms with Gasteiger partial charge in [-0.2, -0.15) is 0 Å². The van der Waals surface area contributed by atoms with Crippen LogP contribution in [0, 0.1) is 11.8 Å². The van der Waals surface area contributed by atoms with Crippen LogP contribution in [0.4, 0.5) is 10.5 Å². The number of hydrogen-bond donors (Lipinski definition) is 2. The third kappa shape index (κ3) is 6.74. The van der Waals surface area contributed by atoms with E-state index in [-0.39, 0.29) is 17.9 Å². The first kappa shape index (κ1) is 19.2. The molecule has 0 saturated carbocycles. The van der Waals surface area contributed by atoms with Crippen molar-refractivity contribution in [3.63, 3.8) is 0 Å². The molecule has 2 rings (SSSR count). The number of carbonyl (C=O) groups is 2. The number of nitrogens with zero attached hydrogens (tertiary/aromatic N) is 1. The Labute approximate surface area is 149 Å². The summed E-state index contributed by atoms with van der Waals surface area (Å²) in [4.78, 5) is 26.2. The Balaban J connectivity index is 1.65. The van der Waals surface area contributed by atoms with E-state index in [4.69, 9.17) is 4.74 Å². The van der Waals surface area contributed by atoms with Crippen LogP contribution in [0.25, 0.3) is 0 Å². The van der Waals surface area contributed by atoms with Crippen LogP contribution in [0.3, 0.4) is 0 Å². The number of rotatable bonds is 7. The number of likely N-dealkylation sites (tertiary alicyclic amines) is 1. The van der Waals surface area contributed by atoms with Crippen molar-refractivity contribution in [1.82, 2.24) is 10.2 Å². The van der Waals surface area contributed by atoms with E-state index in [0.29, 0.717) is 51.6 Å². The van der Waals surface area contributed by atoms with Crippen molar-refractivity contribution in [2.45, 2.75) is 26.7 Å². The van der Waals surface area contributed by atoms with Crippen LogP contribution in [0.1, 0.15) is 26.7 Å². The second-order valence-corrected chi connectivity index (χ2v) is 6.82. The molecule has 1 saturated heterocycles. The third-order valence-electron chi connectivity index (χ3n) is 4.17. The zero-order chi connectivity index (χ0) is 18.1. The van der Waals surface area contributed by atoms with Gasteiger partial charge in [-0.05, 0) is 30.9 Å². The van der Waals surface area contributed by atoms with E-state index >= 15 is 0 Å². The van der Waals surface area contributed by atoms with Crippen LogP contribution in [-0.4, -0.2) is 49.7 Å². The summed E-state index contributed by atoms with van der Waals surface area (Å²) in [5, 5.41) is 5.81. The number of anilines is 1. The molecule has 138 valence electrons. The Morgan fingerprint density at radius 2 is 1.88 bits per heavy atom. The number of ether oxygens (including phenoxy) is 1. The molecule has 2 N–H and O–H groups in total. The number of para-hydroxylation sites is 1. The van der Waals surface area contributed by atoms with Crippen molar-refractivity contribution < 1.29 is 14.3 Å². The molecule has 1 aromatic rings. The summed E-state index contributed by atoms with van der Waals surface area (Å²) >= 11 is 0. The summed E-state index contributed by atoms with van der Waals surface area (Å²) < 4.78 is 5.45. The molecule has 0 bridgehead atoms. The first-order chi connectivity index (χ1) is 12.1. The molecule has 1 aliphatic heterocycles. The van der Waals surface area contributed by atoms with Crippen LogP contribution < -0.4 is 10.6 Å². The van der Waals surface area contributed by atoms with Crippen molar-refractivity contribution in [2.24, 2.45) is 11.8 Å². The van der Waals surface area contributed by atoms with Crippen molar-refractivity contribution in [1.29, 1.82) is 0 Å².